The smallest absolute Gasteiger partial charge is 0.335 e. The van der Waals surface area contributed by atoms with Crippen LogP contribution in [-0.4, -0.2) is 51.2 Å². The first-order valence-corrected chi connectivity index (χ1v) is 7.93. The van der Waals surface area contributed by atoms with Crippen LogP contribution in [0.25, 0.3) is 0 Å². The molecule has 1 aromatic rings. The number of sulfone groups is 1. The highest BCUT2D eigenvalue weighted by atomic mass is 32.2. The first-order chi connectivity index (χ1) is 9.73. The van der Waals surface area contributed by atoms with Crippen molar-refractivity contribution in [2.45, 2.75) is 0 Å². The second kappa shape index (κ2) is 6.93. The molecule has 0 fully saturated rings. The Morgan fingerprint density at radius 2 is 2.00 bits per heavy atom. The van der Waals surface area contributed by atoms with Crippen molar-refractivity contribution < 1.29 is 27.9 Å². The number of urea groups is 1. The molecule has 0 aromatic heterocycles. The average Bonchev–Trinajstić information content (AvgIpc) is 2.36. The summed E-state index contributed by atoms with van der Waals surface area (Å²) in [5.41, 5.74) is 0.163. The molecule has 1 rings (SSSR count). The molecular weight excluding hydrogens is 300 g/mol. The van der Waals surface area contributed by atoms with E-state index in [9.17, 15) is 18.0 Å². The second-order valence-electron chi connectivity index (χ2n) is 4.23. The number of amides is 2. The molecule has 0 saturated carbocycles. The Morgan fingerprint density at radius 1 is 1.33 bits per heavy atom. The number of carboxylic acids is 1. The zero-order chi connectivity index (χ0) is 16.0. The topological polar surface area (TPSA) is 122 Å². The maximum Gasteiger partial charge on any atom is 0.335 e. The Bertz CT molecular complexity index is 641. The van der Waals surface area contributed by atoms with E-state index in [0.717, 1.165) is 6.26 Å². The van der Waals surface area contributed by atoms with Gasteiger partial charge < -0.3 is 20.5 Å². The van der Waals surface area contributed by atoms with Crippen LogP contribution in [0.2, 0.25) is 0 Å². The van der Waals surface area contributed by atoms with E-state index in [-0.39, 0.29) is 23.5 Å². The number of nitrogens with one attached hydrogen (secondary N) is 2. The number of benzene rings is 1. The van der Waals surface area contributed by atoms with Crippen LogP contribution >= 0.6 is 0 Å². The fourth-order valence-corrected chi connectivity index (χ4v) is 1.93. The van der Waals surface area contributed by atoms with E-state index in [1.165, 1.54) is 25.3 Å². The summed E-state index contributed by atoms with van der Waals surface area (Å²) in [6.07, 6.45) is 1.06. The fraction of sp³-hybridized carbons (Fsp3) is 0.333. The molecule has 0 aliphatic rings. The lowest BCUT2D eigenvalue weighted by atomic mass is 10.2. The second-order valence-corrected chi connectivity index (χ2v) is 6.49. The van der Waals surface area contributed by atoms with Crippen LogP contribution in [0.15, 0.2) is 18.2 Å². The Labute approximate surface area is 122 Å². The van der Waals surface area contributed by atoms with Crippen molar-refractivity contribution in [2.24, 2.45) is 0 Å². The highest BCUT2D eigenvalue weighted by molar-refractivity contribution is 7.90. The standard InChI is InChI=1S/C12H16N2O6S/c1-20-10-4-3-8(11(15)16)7-9(10)14-12(17)13-5-6-21(2,18)19/h3-4,7H,5-6H2,1-2H3,(H,15,16)(H2,13,14,17). The van der Waals surface area contributed by atoms with Gasteiger partial charge in [-0.25, -0.2) is 18.0 Å². The van der Waals surface area contributed by atoms with Crippen molar-refractivity contribution in [3.05, 3.63) is 23.8 Å². The van der Waals surface area contributed by atoms with Gasteiger partial charge in [0.15, 0.2) is 0 Å². The van der Waals surface area contributed by atoms with E-state index in [4.69, 9.17) is 9.84 Å². The van der Waals surface area contributed by atoms with Gasteiger partial charge in [-0.05, 0) is 18.2 Å². The molecule has 21 heavy (non-hydrogen) atoms. The number of carbonyl (C=O) groups excluding carboxylic acids is 1. The molecule has 0 unspecified atom stereocenters. The lowest BCUT2D eigenvalue weighted by Gasteiger charge is -2.11. The molecule has 0 bridgehead atoms. The summed E-state index contributed by atoms with van der Waals surface area (Å²) >= 11 is 0. The van der Waals surface area contributed by atoms with Crippen molar-refractivity contribution in [3.8, 4) is 5.75 Å². The molecule has 0 aliphatic carbocycles. The normalized spacial score (nSPS) is 10.8. The molecule has 1 aromatic carbocycles. The van der Waals surface area contributed by atoms with Crippen LogP contribution in [0, 0.1) is 0 Å². The highest BCUT2D eigenvalue weighted by Crippen LogP contribution is 2.25. The van der Waals surface area contributed by atoms with Crippen molar-refractivity contribution in [3.63, 3.8) is 0 Å². The Kier molecular flexibility index (Phi) is 5.53. The number of hydrogen-bond donors (Lipinski definition) is 3. The van der Waals surface area contributed by atoms with Gasteiger partial charge in [-0.3, -0.25) is 0 Å². The summed E-state index contributed by atoms with van der Waals surface area (Å²) in [4.78, 5) is 22.5. The van der Waals surface area contributed by atoms with Gasteiger partial charge in [0.2, 0.25) is 0 Å². The van der Waals surface area contributed by atoms with Crippen molar-refractivity contribution in [1.29, 1.82) is 0 Å². The van der Waals surface area contributed by atoms with E-state index in [1.807, 2.05) is 0 Å². The van der Waals surface area contributed by atoms with Gasteiger partial charge in [-0.1, -0.05) is 0 Å². The Morgan fingerprint density at radius 3 is 2.52 bits per heavy atom. The first kappa shape index (κ1) is 16.8. The van der Waals surface area contributed by atoms with E-state index in [2.05, 4.69) is 10.6 Å². The summed E-state index contributed by atoms with van der Waals surface area (Å²) in [5.74, 6) is -1.04. The molecule has 0 radical (unpaired) electrons. The molecule has 9 heteroatoms. The number of methoxy groups -OCH3 is 1. The quantitative estimate of drug-likeness (QED) is 0.705. The number of ether oxygens (including phenoxy) is 1. The van der Waals surface area contributed by atoms with Gasteiger partial charge in [0.1, 0.15) is 15.6 Å². The molecular formula is C12H16N2O6S. The minimum atomic E-state index is -3.17. The zero-order valence-corrected chi connectivity index (χ0v) is 12.4. The third-order valence-corrected chi connectivity index (χ3v) is 3.40. The molecule has 0 atom stereocenters. The van der Waals surface area contributed by atoms with E-state index < -0.39 is 21.8 Å². The van der Waals surface area contributed by atoms with E-state index in [0.29, 0.717) is 5.75 Å². The number of carbonyl (C=O) groups is 2. The molecule has 8 nitrogen and oxygen atoms in total. The van der Waals surface area contributed by atoms with Crippen LogP contribution in [0.1, 0.15) is 10.4 Å². The van der Waals surface area contributed by atoms with E-state index >= 15 is 0 Å². The number of rotatable bonds is 6. The molecule has 2 amide bonds. The van der Waals surface area contributed by atoms with Crippen LogP contribution in [0.4, 0.5) is 10.5 Å². The number of carboxylic acid groups (broad SMARTS) is 1. The van der Waals surface area contributed by atoms with Crippen molar-refractivity contribution >= 4 is 27.5 Å². The summed E-state index contributed by atoms with van der Waals surface area (Å²) in [6, 6.07) is 3.35. The van der Waals surface area contributed by atoms with Gasteiger partial charge in [0, 0.05) is 12.8 Å². The number of anilines is 1. The molecule has 116 valence electrons. The zero-order valence-electron chi connectivity index (χ0n) is 11.5. The van der Waals surface area contributed by atoms with Gasteiger partial charge in [0.05, 0.1) is 24.1 Å². The summed E-state index contributed by atoms with van der Waals surface area (Å²) in [6.45, 7) is -0.0500. The van der Waals surface area contributed by atoms with Crippen molar-refractivity contribution in [1.82, 2.24) is 5.32 Å². The predicted octanol–water partition coefficient (Wildman–Crippen LogP) is 0.560. The first-order valence-electron chi connectivity index (χ1n) is 5.87. The van der Waals surface area contributed by atoms with E-state index in [1.54, 1.807) is 0 Å². The Balaban J connectivity index is 2.74. The largest absolute Gasteiger partial charge is 0.495 e. The van der Waals surface area contributed by atoms with Crippen molar-refractivity contribution in [2.75, 3.05) is 31.0 Å². The summed E-state index contributed by atoms with van der Waals surface area (Å²) < 4.78 is 26.9. The lowest BCUT2D eigenvalue weighted by Crippen LogP contribution is -2.32. The molecule has 0 heterocycles. The monoisotopic (exact) mass is 316 g/mol. The predicted molar refractivity (Wildman–Crippen MR) is 76.7 cm³/mol. The maximum absolute atomic E-state index is 11.6. The number of hydrogen-bond acceptors (Lipinski definition) is 5. The highest BCUT2D eigenvalue weighted by Gasteiger charge is 2.12. The molecule has 3 N–H and O–H groups in total. The minimum absolute atomic E-state index is 0.0118. The lowest BCUT2D eigenvalue weighted by molar-refractivity contribution is 0.0697. The molecule has 0 spiro atoms. The third-order valence-electron chi connectivity index (χ3n) is 2.45. The maximum atomic E-state index is 11.6. The van der Waals surface area contributed by atoms with Crippen LogP contribution < -0.4 is 15.4 Å². The van der Waals surface area contributed by atoms with Crippen LogP contribution in [0.3, 0.4) is 0 Å². The van der Waals surface area contributed by atoms with Gasteiger partial charge >= 0.3 is 12.0 Å². The third kappa shape index (κ3) is 5.69. The fourth-order valence-electron chi connectivity index (χ4n) is 1.46. The summed E-state index contributed by atoms with van der Waals surface area (Å²) in [7, 11) is -1.79. The van der Waals surface area contributed by atoms with Gasteiger partial charge in [0.25, 0.3) is 0 Å². The average molecular weight is 316 g/mol. The molecule has 0 saturated heterocycles. The minimum Gasteiger partial charge on any atom is -0.495 e. The number of aromatic carboxylic acids is 1. The summed E-state index contributed by atoms with van der Waals surface area (Å²) in [5, 5.41) is 13.7. The Hall–Kier alpha value is -2.29. The van der Waals surface area contributed by atoms with Crippen LogP contribution in [0.5, 0.6) is 5.75 Å². The van der Waals surface area contributed by atoms with Gasteiger partial charge in [-0.15, -0.1) is 0 Å². The molecule has 0 aliphatic heterocycles. The van der Waals surface area contributed by atoms with Crippen LogP contribution in [-0.2, 0) is 9.84 Å². The van der Waals surface area contributed by atoms with Gasteiger partial charge in [-0.2, -0.15) is 0 Å². The SMILES string of the molecule is COc1ccc(C(=O)O)cc1NC(=O)NCCS(C)(=O)=O.